The normalized spacial score (nSPS) is 22.5. The van der Waals surface area contributed by atoms with E-state index in [0.29, 0.717) is 13.2 Å². The monoisotopic (exact) mass is 612 g/mol. The zero-order valence-electron chi connectivity index (χ0n) is 26.0. The number of hydrogen-bond acceptors (Lipinski definition) is 6. The Morgan fingerprint density at radius 2 is 1.09 bits per heavy atom. The fraction of sp³-hybridized carbons (Fsp3) is 0.351. The van der Waals surface area contributed by atoms with Crippen molar-refractivity contribution >= 4 is 18.7 Å². The standard InChI is InChI=1S/C37H44O6Si/c1-37(2,3)44(30-21-13-7-14-22-30,31-23-15-8-16-24-31)42-27-32-33(38)34(40-25-28-17-9-5-10-18-28)35(36(39-4)43-32)41-26-29-19-11-6-12-20-29/h5-24,32-36,38H,25-27H2,1-4H3/t32-,33-,34+,35-,36-/m1/s1. The van der Waals surface area contributed by atoms with Gasteiger partial charge >= 0.3 is 0 Å². The molecule has 0 unspecified atom stereocenters. The third kappa shape index (κ3) is 7.21. The quantitative estimate of drug-likeness (QED) is 0.214. The van der Waals surface area contributed by atoms with Gasteiger partial charge in [0.1, 0.15) is 24.4 Å². The molecule has 6 nitrogen and oxygen atoms in total. The summed E-state index contributed by atoms with van der Waals surface area (Å²) in [6.07, 6.45) is -3.88. The zero-order valence-corrected chi connectivity index (χ0v) is 27.0. The minimum absolute atomic E-state index is 0.158. The molecule has 4 aromatic rings. The predicted octanol–water partition coefficient (Wildman–Crippen LogP) is 5.47. The smallest absolute Gasteiger partial charge is 0.261 e. The van der Waals surface area contributed by atoms with E-state index in [1.54, 1.807) is 7.11 Å². The van der Waals surface area contributed by atoms with Gasteiger partial charge in [0, 0.05) is 7.11 Å². The van der Waals surface area contributed by atoms with Crippen LogP contribution >= 0.6 is 0 Å². The summed E-state index contributed by atoms with van der Waals surface area (Å²) in [5.74, 6) is 0. The molecule has 0 aliphatic carbocycles. The van der Waals surface area contributed by atoms with Crippen LogP contribution in [0.3, 0.4) is 0 Å². The number of aliphatic hydroxyl groups is 1. The lowest BCUT2D eigenvalue weighted by Gasteiger charge is -2.47. The first-order valence-electron chi connectivity index (χ1n) is 15.3. The predicted molar refractivity (Wildman–Crippen MR) is 175 cm³/mol. The molecule has 4 aromatic carbocycles. The van der Waals surface area contributed by atoms with Crippen LogP contribution in [0.4, 0.5) is 0 Å². The van der Waals surface area contributed by atoms with Crippen molar-refractivity contribution < 1.29 is 28.5 Å². The highest BCUT2D eigenvalue weighted by atomic mass is 28.4. The van der Waals surface area contributed by atoms with Gasteiger partial charge in [-0.2, -0.15) is 0 Å². The van der Waals surface area contributed by atoms with Gasteiger partial charge in [-0.1, -0.05) is 142 Å². The van der Waals surface area contributed by atoms with Crippen molar-refractivity contribution in [3.05, 3.63) is 132 Å². The van der Waals surface area contributed by atoms with Gasteiger partial charge in [-0.25, -0.2) is 0 Å². The van der Waals surface area contributed by atoms with Crippen molar-refractivity contribution in [2.24, 2.45) is 0 Å². The van der Waals surface area contributed by atoms with Gasteiger partial charge in [0.15, 0.2) is 6.29 Å². The Morgan fingerprint density at radius 3 is 1.52 bits per heavy atom. The lowest BCUT2D eigenvalue weighted by molar-refractivity contribution is -0.313. The van der Waals surface area contributed by atoms with Gasteiger partial charge in [-0.05, 0) is 26.5 Å². The molecule has 1 fully saturated rings. The lowest BCUT2D eigenvalue weighted by Crippen LogP contribution is -2.68. The average molecular weight is 613 g/mol. The van der Waals surface area contributed by atoms with Gasteiger partial charge < -0.3 is 28.5 Å². The Hall–Kier alpha value is -3.14. The van der Waals surface area contributed by atoms with E-state index in [1.807, 2.05) is 72.8 Å². The van der Waals surface area contributed by atoms with Crippen LogP contribution in [0.5, 0.6) is 0 Å². The molecule has 1 aliphatic heterocycles. The average Bonchev–Trinajstić information content (AvgIpc) is 3.05. The molecular weight excluding hydrogens is 568 g/mol. The highest BCUT2D eigenvalue weighted by Gasteiger charge is 2.53. The molecule has 0 amide bonds. The summed E-state index contributed by atoms with van der Waals surface area (Å²) in [5.41, 5.74) is 2.01. The Balaban J connectivity index is 1.44. The molecule has 0 saturated carbocycles. The summed E-state index contributed by atoms with van der Waals surface area (Å²) in [6.45, 7) is 7.49. The summed E-state index contributed by atoms with van der Waals surface area (Å²) >= 11 is 0. The van der Waals surface area contributed by atoms with Crippen molar-refractivity contribution in [3.8, 4) is 0 Å². The van der Waals surface area contributed by atoms with Crippen LogP contribution in [0.2, 0.25) is 5.04 Å². The number of methoxy groups -OCH3 is 1. The van der Waals surface area contributed by atoms with Gasteiger partial charge in [0.2, 0.25) is 0 Å². The van der Waals surface area contributed by atoms with E-state index in [1.165, 1.54) is 0 Å². The fourth-order valence-electron chi connectivity index (χ4n) is 6.09. The van der Waals surface area contributed by atoms with E-state index in [-0.39, 0.29) is 11.6 Å². The molecule has 7 heteroatoms. The molecule has 5 atom stereocenters. The number of rotatable bonds is 12. The summed E-state index contributed by atoms with van der Waals surface area (Å²) in [7, 11) is -1.28. The third-order valence-corrected chi connectivity index (χ3v) is 13.3. The minimum atomic E-state index is -2.87. The van der Waals surface area contributed by atoms with Gasteiger partial charge in [0.25, 0.3) is 8.32 Å². The van der Waals surface area contributed by atoms with Crippen molar-refractivity contribution in [3.63, 3.8) is 0 Å². The first-order valence-corrected chi connectivity index (χ1v) is 17.2. The Bertz CT molecular complexity index is 1360. The molecule has 1 saturated heterocycles. The zero-order chi connectivity index (χ0) is 31.0. The molecule has 1 N–H and O–H groups in total. The summed E-state index contributed by atoms with van der Waals surface area (Å²) in [4.78, 5) is 0. The highest BCUT2D eigenvalue weighted by molar-refractivity contribution is 6.99. The number of ether oxygens (including phenoxy) is 4. The molecule has 0 bridgehead atoms. The highest BCUT2D eigenvalue weighted by Crippen LogP contribution is 2.38. The van der Waals surface area contributed by atoms with E-state index in [2.05, 4.69) is 69.3 Å². The van der Waals surface area contributed by atoms with Crippen LogP contribution in [-0.4, -0.2) is 57.8 Å². The maximum Gasteiger partial charge on any atom is 0.261 e. The Labute approximate surface area is 262 Å². The lowest BCUT2D eigenvalue weighted by atomic mass is 9.98. The second kappa shape index (κ2) is 14.8. The van der Waals surface area contributed by atoms with Crippen LogP contribution in [0.1, 0.15) is 31.9 Å². The molecule has 44 heavy (non-hydrogen) atoms. The van der Waals surface area contributed by atoms with E-state index < -0.39 is 39.0 Å². The summed E-state index contributed by atoms with van der Waals surface area (Å²) < 4.78 is 32.2. The molecule has 232 valence electrons. The SMILES string of the molecule is CO[C@@H]1O[C@H](CO[Si](c2ccccc2)(c2ccccc2)C(C)(C)C)[C@@H](O)[C@H](OCc2ccccc2)[C@H]1OCc1ccccc1. The molecule has 1 heterocycles. The first kappa shape index (κ1) is 32.3. The van der Waals surface area contributed by atoms with Gasteiger partial charge in [0.05, 0.1) is 19.8 Å². The number of aliphatic hydroxyl groups excluding tert-OH is 1. The van der Waals surface area contributed by atoms with E-state index in [9.17, 15) is 5.11 Å². The Morgan fingerprint density at radius 1 is 0.659 bits per heavy atom. The van der Waals surface area contributed by atoms with Crippen LogP contribution < -0.4 is 10.4 Å². The molecule has 1 aliphatic rings. The molecule has 0 aromatic heterocycles. The van der Waals surface area contributed by atoms with E-state index >= 15 is 0 Å². The second-order valence-electron chi connectivity index (χ2n) is 12.3. The number of benzene rings is 4. The summed E-state index contributed by atoms with van der Waals surface area (Å²) in [5, 5.41) is 14.0. The molecule has 0 spiro atoms. The maximum atomic E-state index is 11.9. The van der Waals surface area contributed by atoms with Crippen LogP contribution in [0.15, 0.2) is 121 Å². The van der Waals surface area contributed by atoms with E-state index in [4.69, 9.17) is 23.4 Å². The second-order valence-corrected chi connectivity index (χ2v) is 16.6. The summed E-state index contributed by atoms with van der Waals surface area (Å²) in [6, 6.07) is 40.7. The maximum absolute atomic E-state index is 11.9. The Kier molecular flexibility index (Phi) is 10.8. The van der Waals surface area contributed by atoms with Crippen LogP contribution in [0.25, 0.3) is 0 Å². The van der Waals surface area contributed by atoms with Crippen molar-refractivity contribution in [1.82, 2.24) is 0 Å². The number of hydrogen-bond donors (Lipinski definition) is 1. The minimum Gasteiger partial charge on any atom is -0.405 e. The molecule has 5 rings (SSSR count). The molecule has 0 radical (unpaired) electrons. The molecular formula is C37H44O6Si. The van der Waals surface area contributed by atoms with Crippen LogP contribution in [-0.2, 0) is 36.6 Å². The fourth-order valence-corrected chi connectivity index (χ4v) is 10.7. The van der Waals surface area contributed by atoms with E-state index in [0.717, 1.165) is 21.5 Å². The van der Waals surface area contributed by atoms with Gasteiger partial charge in [-0.15, -0.1) is 0 Å². The first-order chi connectivity index (χ1) is 21.3. The topological polar surface area (TPSA) is 66.4 Å². The van der Waals surface area contributed by atoms with Crippen molar-refractivity contribution in [1.29, 1.82) is 0 Å². The third-order valence-electron chi connectivity index (χ3n) is 8.30. The van der Waals surface area contributed by atoms with Crippen molar-refractivity contribution in [2.75, 3.05) is 13.7 Å². The van der Waals surface area contributed by atoms with Gasteiger partial charge in [-0.3, -0.25) is 0 Å². The van der Waals surface area contributed by atoms with Crippen LogP contribution in [0, 0.1) is 0 Å². The largest absolute Gasteiger partial charge is 0.405 e. The van der Waals surface area contributed by atoms with Crippen molar-refractivity contribution in [2.45, 2.75) is 69.7 Å².